The number of aromatic amines is 1. The molecule has 3 aromatic carbocycles. The van der Waals surface area contributed by atoms with E-state index in [0.29, 0.717) is 24.1 Å². The highest BCUT2D eigenvalue weighted by Crippen LogP contribution is 2.35. The number of aryl methyl sites for hydroxylation is 2. The van der Waals surface area contributed by atoms with Gasteiger partial charge < -0.3 is 10.1 Å². The van der Waals surface area contributed by atoms with Crippen molar-refractivity contribution >= 4 is 22.7 Å². The van der Waals surface area contributed by atoms with E-state index in [1.165, 1.54) is 0 Å². The van der Waals surface area contributed by atoms with E-state index in [1.54, 1.807) is 19.1 Å². The number of benzene rings is 3. The molecule has 0 radical (unpaired) electrons. The Bertz CT molecular complexity index is 1190. The quantitative estimate of drug-likeness (QED) is 0.422. The van der Waals surface area contributed by atoms with Crippen molar-refractivity contribution in [3.8, 4) is 11.1 Å². The average Bonchev–Trinajstić information content (AvgIpc) is 3.11. The Labute approximate surface area is 168 Å². The molecule has 0 unspecified atom stereocenters. The topological polar surface area (TPSA) is 70.2 Å². The second-order valence-electron chi connectivity index (χ2n) is 7.17. The van der Waals surface area contributed by atoms with Gasteiger partial charge in [-0.2, -0.15) is 0 Å². The van der Waals surface area contributed by atoms with Crippen LogP contribution in [0.15, 0.2) is 72.8 Å². The SMILES string of the molecule is Cc1cc2[nH]c(C(=O)CCc3ccccc3)c(-c3ccccc3)c2cc1C(=O)O. The fourth-order valence-electron chi connectivity index (χ4n) is 3.72. The molecule has 0 aliphatic heterocycles. The Morgan fingerprint density at radius 2 is 1.59 bits per heavy atom. The Balaban J connectivity index is 1.82. The maximum absolute atomic E-state index is 13.1. The normalized spacial score (nSPS) is 10.9. The lowest BCUT2D eigenvalue weighted by molar-refractivity contribution is 0.0696. The maximum Gasteiger partial charge on any atom is 0.335 e. The Kier molecular flexibility index (Phi) is 5.00. The number of Topliss-reactive ketones (excluding diaryl/α,β-unsaturated/α-hetero) is 1. The molecular weight excluding hydrogens is 362 g/mol. The predicted octanol–water partition coefficient (Wildman–Crippen LogP) is 5.66. The summed E-state index contributed by atoms with van der Waals surface area (Å²) in [5, 5.41) is 10.3. The van der Waals surface area contributed by atoms with Crippen LogP contribution in [0.5, 0.6) is 0 Å². The number of carboxylic acids is 1. The number of aromatic nitrogens is 1. The number of rotatable bonds is 6. The summed E-state index contributed by atoms with van der Waals surface area (Å²) in [7, 11) is 0. The first-order valence-electron chi connectivity index (χ1n) is 9.57. The minimum absolute atomic E-state index is 0.0124. The van der Waals surface area contributed by atoms with Crippen molar-refractivity contribution in [2.75, 3.05) is 0 Å². The molecule has 0 aliphatic carbocycles. The van der Waals surface area contributed by atoms with Crippen molar-refractivity contribution in [1.29, 1.82) is 0 Å². The molecule has 29 heavy (non-hydrogen) atoms. The number of carboxylic acid groups (broad SMARTS) is 1. The van der Waals surface area contributed by atoms with Gasteiger partial charge in [-0.05, 0) is 42.2 Å². The number of fused-ring (bicyclic) bond motifs is 1. The zero-order valence-electron chi connectivity index (χ0n) is 16.1. The molecular formula is C25H21NO3. The standard InChI is InChI=1S/C25H21NO3/c1-16-14-21-20(15-19(16)25(28)29)23(18-10-6-3-7-11-18)24(26-21)22(27)13-12-17-8-4-2-5-9-17/h2-11,14-15,26H,12-13H2,1H3,(H,28,29). The number of hydrogen-bond donors (Lipinski definition) is 2. The molecule has 0 amide bonds. The van der Waals surface area contributed by atoms with Crippen molar-refractivity contribution in [2.24, 2.45) is 0 Å². The number of carbonyl (C=O) groups excluding carboxylic acids is 1. The summed E-state index contributed by atoms with van der Waals surface area (Å²) in [4.78, 5) is 28.0. The smallest absolute Gasteiger partial charge is 0.335 e. The first-order valence-corrected chi connectivity index (χ1v) is 9.57. The minimum atomic E-state index is -0.971. The highest BCUT2D eigenvalue weighted by Gasteiger charge is 2.21. The minimum Gasteiger partial charge on any atom is -0.478 e. The van der Waals surface area contributed by atoms with Crippen LogP contribution in [0.3, 0.4) is 0 Å². The first-order chi connectivity index (χ1) is 14.0. The molecule has 1 aromatic heterocycles. The van der Waals surface area contributed by atoms with Crippen molar-refractivity contribution < 1.29 is 14.7 Å². The third-order valence-electron chi connectivity index (χ3n) is 5.20. The summed E-state index contributed by atoms with van der Waals surface area (Å²) in [6.07, 6.45) is 1.03. The van der Waals surface area contributed by atoms with Crippen LogP contribution in [0.25, 0.3) is 22.0 Å². The van der Waals surface area contributed by atoms with Crippen LogP contribution < -0.4 is 0 Å². The number of aromatic carboxylic acids is 1. The summed E-state index contributed by atoms with van der Waals surface area (Å²) < 4.78 is 0. The summed E-state index contributed by atoms with van der Waals surface area (Å²) in [6, 6.07) is 23.0. The van der Waals surface area contributed by atoms with E-state index in [1.807, 2.05) is 60.7 Å². The van der Waals surface area contributed by atoms with E-state index < -0.39 is 5.97 Å². The van der Waals surface area contributed by atoms with E-state index in [9.17, 15) is 14.7 Å². The highest BCUT2D eigenvalue weighted by molar-refractivity contribution is 6.12. The molecule has 4 rings (SSSR count). The summed E-state index contributed by atoms with van der Waals surface area (Å²) in [5.74, 6) is -0.958. The molecule has 0 spiro atoms. The predicted molar refractivity (Wildman–Crippen MR) is 115 cm³/mol. The van der Waals surface area contributed by atoms with Gasteiger partial charge in [0.05, 0.1) is 11.3 Å². The van der Waals surface area contributed by atoms with E-state index in [4.69, 9.17) is 0 Å². The number of carbonyl (C=O) groups is 2. The zero-order valence-corrected chi connectivity index (χ0v) is 16.1. The molecule has 4 nitrogen and oxygen atoms in total. The van der Waals surface area contributed by atoms with Gasteiger partial charge in [0.15, 0.2) is 5.78 Å². The van der Waals surface area contributed by atoms with Gasteiger partial charge in [-0.25, -0.2) is 4.79 Å². The number of ketones is 1. The van der Waals surface area contributed by atoms with Crippen molar-refractivity contribution in [3.05, 3.63) is 95.2 Å². The monoisotopic (exact) mass is 383 g/mol. The van der Waals surface area contributed by atoms with Gasteiger partial charge >= 0.3 is 5.97 Å². The Hall–Kier alpha value is -3.66. The van der Waals surface area contributed by atoms with Gasteiger partial charge in [-0.1, -0.05) is 60.7 Å². The van der Waals surface area contributed by atoms with Crippen LogP contribution in [0.1, 0.15) is 38.4 Å². The van der Waals surface area contributed by atoms with E-state index in [0.717, 1.165) is 27.6 Å². The summed E-state index contributed by atoms with van der Waals surface area (Å²) in [6.45, 7) is 1.77. The Morgan fingerprint density at radius 3 is 2.24 bits per heavy atom. The molecule has 0 saturated heterocycles. The van der Waals surface area contributed by atoms with Gasteiger partial charge in [-0.15, -0.1) is 0 Å². The van der Waals surface area contributed by atoms with Crippen LogP contribution in [-0.4, -0.2) is 21.8 Å². The lowest BCUT2D eigenvalue weighted by atomic mass is 9.96. The van der Waals surface area contributed by atoms with E-state index >= 15 is 0 Å². The van der Waals surface area contributed by atoms with Crippen molar-refractivity contribution in [2.45, 2.75) is 19.8 Å². The summed E-state index contributed by atoms with van der Waals surface area (Å²) >= 11 is 0. The van der Waals surface area contributed by atoms with Crippen molar-refractivity contribution in [1.82, 2.24) is 4.98 Å². The van der Waals surface area contributed by atoms with Gasteiger partial charge in [0, 0.05) is 22.9 Å². The molecule has 4 heteroatoms. The number of H-pyrrole nitrogens is 1. The average molecular weight is 383 g/mol. The fraction of sp³-hybridized carbons (Fsp3) is 0.120. The highest BCUT2D eigenvalue weighted by atomic mass is 16.4. The molecule has 0 atom stereocenters. The second-order valence-corrected chi connectivity index (χ2v) is 7.17. The molecule has 0 aliphatic rings. The lowest BCUT2D eigenvalue weighted by Gasteiger charge is -2.06. The van der Waals surface area contributed by atoms with Crippen LogP contribution in [0.2, 0.25) is 0 Å². The molecule has 0 saturated carbocycles. The zero-order chi connectivity index (χ0) is 20.4. The molecule has 0 fully saturated rings. The maximum atomic E-state index is 13.1. The Morgan fingerprint density at radius 1 is 0.931 bits per heavy atom. The van der Waals surface area contributed by atoms with E-state index in [-0.39, 0.29) is 11.3 Å². The van der Waals surface area contributed by atoms with Crippen molar-refractivity contribution in [3.63, 3.8) is 0 Å². The number of nitrogens with one attached hydrogen (secondary N) is 1. The lowest BCUT2D eigenvalue weighted by Crippen LogP contribution is -2.03. The van der Waals surface area contributed by atoms with E-state index in [2.05, 4.69) is 4.98 Å². The van der Waals surface area contributed by atoms with Gasteiger partial charge in [-0.3, -0.25) is 4.79 Å². The van der Waals surface area contributed by atoms with Gasteiger partial charge in [0.2, 0.25) is 0 Å². The van der Waals surface area contributed by atoms with Gasteiger partial charge in [0.1, 0.15) is 0 Å². The third-order valence-corrected chi connectivity index (χ3v) is 5.20. The summed E-state index contributed by atoms with van der Waals surface area (Å²) in [5.41, 5.74) is 4.98. The molecule has 144 valence electrons. The molecule has 0 bridgehead atoms. The largest absolute Gasteiger partial charge is 0.478 e. The first kappa shape index (κ1) is 18.7. The van der Waals surface area contributed by atoms with Crippen LogP contribution in [0, 0.1) is 6.92 Å². The van der Waals surface area contributed by atoms with Crippen LogP contribution >= 0.6 is 0 Å². The molecule has 2 N–H and O–H groups in total. The second kappa shape index (κ2) is 7.76. The molecule has 1 heterocycles. The third kappa shape index (κ3) is 3.69. The number of hydrogen-bond acceptors (Lipinski definition) is 2. The van der Waals surface area contributed by atoms with Crippen LogP contribution in [-0.2, 0) is 6.42 Å². The van der Waals surface area contributed by atoms with Gasteiger partial charge in [0.25, 0.3) is 0 Å². The molecule has 4 aromatic rings. The fourth-order valence-corrected chi connectivity index (χ4v) is 3.72. The van der Waals surface area contributed by atoms with Crippen LogP contribution in [0.4, 0.5) is 0 Å².